The highest BCUT2D eigenvalue weighted by molar-refractivity contribution is 6.14. The Hall–Kier alpha value is -3.90. The first kappa shape index (κ1) is 19.6. The van der Waals surface area contributed by atoms with E-state index in [4.69, 9.17) is 13.7 Å². The van der Waals surface area contributed by atoms with Gasteiger partial charge in [0.15, 0.2) is 11.4 Å². The van der Waals surface area contributed by atoms with Crippen LogP contribution in [0.2, 0.25) is 0 Å². The zero-order chi connectivity index (χ0) is 25.9. The lowest BCUT2D eigenvalue weighted by atomic mass is 9.93. The first-order chi connectivity index (χ1) is 17.0. The third kappa shape index (κ3) is 3.30. The molecule has 0 aliphatic heterocycles. The minimum Gasteiger partial charge on any atom is -0.455 e. The number of pyridine rings is 1. The van der Waals surface area contributed by atoms with E-state index >= 15 is 0 Å². The van der Waals surface area contributed by atoms with Crippen molar-refractivity contribution in [2.75, 3.05) is 0 Å². The van der Waals surface area contributed by atoms with Gasteiger partial charge in [0.25, 0.3) is 0 Å². The molecule has 0 amide bonds. The van der Waals surface area contributed by atoms with Crippen LogP contribution in [0, 0.1) is 27.3 Å². The van der Waals surface area contributed by atoms with Gasteiger partial charge in [0.05, 0.1) is 13.5 Å². The summed E-state index contributed by atoms with van der Waals surface area (Å²) in [6, 6.07) is 18.3. The number of nitrogens with zero attached hydrogens (tertiary/aromatic N) is 2. The molecule has 0 fully saturated rings. The standard InChI is InChI=1S/C31H29N2O/c1-18(2)28-20(4)15-27(33(7)21(28)5)29-19(3)13-14-24-26-17-23(32-6)16-25(30(26)34-31(24)29)22-11-9-8-10-12-22/h8-18H,1-5,7H3/q+1/i15D,18D. The van der Waals surface area contributed by atoms with Gasteiger partial charge in [-0.05, 0) is 48.6 Å². The number of hydrogen-bond donors (Lipinski definition) is 0. The number of hydrogen-bond acceptors (Lipinski definition) is 1. The maximum Gasteiger partial charge on any atom is 0.216 e. The Bertz CT molecular complexity index is 1690. The third-order valence-electron chi connectivity index (χ3n) is 6.77. The van der Waals surface area contributed by atoms with Crippen LogP contribution in [-0.2, 0) is 7.05 Å². The molecule has 0 radical (unpaired) electrons. The summed E-state index contributed by atoms with van der Waals surface area (Å²) < 4.78 is 26.5. The van der Waals surface area contributed by atoms with Crippen LogP contribution in [0.5, 0.6) is 0 Å². The van der Waals surface area contributed by atoms with Gasteiger partial charge in [0.1, 0.15) is 18.2 Å². The highest BCUT2D eigenvalue weighted by Crippen LogP contribution is 2.43. The molecule has 2 aromatic heterocycles. The quantitative estimate of drug-likeness (QED) is 0.201. The van der Waals surface area contributed by atoms with Gasteiger partial charge in [-0.25, -0.2) is 4.85 Å². The first-order valence-electron chi connectivity index (χ1n) is 12.5. The Labute approximate surface area is 203 Å². The smallest absolute Gasteiger partial charge is 0.216 e. The minimum absolute atomic E-state index is 0.402. The van der Waals surface area contributed by atoms with Gasteiger partial charge in [0, 0.05) is 36.2 Å². The fourth-order valence-corrected chi connectivity index (χ4v) is 5.11. The van der Waals surface area contributed by atoms with Crippen LogP contribution >= 0.6 is 0 Å². The molecule has 3 nitrogen and oxygen atoms in total. The molecular formula is C31H29N2O+. The molecule has 0 aliphatic rings. The van der Waals surface area contributed by atoms with Crippen LogP contribution in [0.15, 0.2) is 65.1 Å². The zero-order valence-corrected chi connectivity index (χ0v) is 20.5. The average molecular weight is 448 g/mol. The molecule has 168 valence electrons. The van der Waals surface area contributed by atoms with Crippen LogP contribution in [0.1, 0.15) is 44.9 Å². The number of furan rings is 1. The predicted octanol–water partition coefficient (Wildman–Crippen LogP) is 8.34. The lowest BCUT2D eigenvalue weighted by Gasteiger charge is -2.15. The zero-order valence-electron chi connectivity index (χ0n) is 22.5. The van der Waals surface area contributed by atoms with E-state index in [9.17, 15) is 0 Å². The molecule has 0 atom stereocenters. The Morgan fingerprint density at radius 3 is 2.38 bits per heavy atom. The predicted molar refractivity (Wildman–Crippen MR) is 140 cm³/mol. The van der Waals surface area contributed by atoms with E-state index in [0.29, 0.717) is 17.3 Å². The molecule has 3 heteroatoms. The summed E-state index contributed by atoms with van der Waals surface area (Å²) in [4.78, 5) is 3.73. The van der Waals surface area contributed by atoms with Crippen LogP contribution in [0.4, 0.5) is 5.69 Å². The van der Waals surface area contributed by atoms with Crippen molar-refractivity contribution in [3.63, 3.8) is 0 Å². The van der Waals surface area contributed by atoms with Crippen molar-refractivity contribution in [2.45, 2.75) is 40.5 Å². The van der Waals surface area contributed by atoms with Crippen molar-refractivity contribution in [1.82, 2.24) is 0 Å². The molecule has 0 saturated carbocycles. The lowest BCUT2D eigenvalue weighted by Crippen LogP contribution is -2.37. The molecule has 0 bridgehead atoms. The molecule has 2 heterocycles. The normalized spacial score (nSPS) is 12.6. The second-order valence-corrected chi connectivity index (χ2v) is 9.20. The van der Waals surface area contributed by atoms with Crippen molar-refractivity contribution in [3.8, 4) is 22.4 Å². The maximum atomic E-state index is 9.15. The molecule has 0 saturated heterocycles. The summed E-state index contributed by atoms with van der Waals surface area (Å²) >= 11 is 0. The molecule has 0 N–H and O–H groups in total. The third-order valence-corrected chi connectivity index (χ3v) is 6.77. The molecule has 3 aromatic carbocycles. The lowest BCUT2D eigenvalue weighted by molar-refractivity contribution is -0.667. The molecule has 34 heavy (non-hydrogen) atoms. The number of rotatable bonds is 3. The van der Waals surface area contributed by atoms with Crippen molar-refractivity contribution in [1.29, 1.82) is 0 Å². The molecule has 0 aliphatic carbocycles. The molecule has 0 unspecified atom stereocenters. The number of benzene rings is 3. The largest absolute Gasteiger partial charge is 0.455 e. The van der Waals surface area contributed by atoms with Crippen molar-refractivity contribution in [3.05, 3.63) is 94.4 Å². The molecular weight excluding hydrogens is 416 g/mol. The Morgan fingerprint density at radius 1 is 0.971 bits per heavy atom. The summed E-state index contributed by atoms with van der Waals surface area (Å²) in [6.07, 6.45) is 0. The fraction of sp³-hybridized carbons (Fsp3) is 0.226. The molecule has 5 aromatic rings. The van der Waals surface area contributed by atoms with Gasteiger partial charge in [-0.2, -0.15) is 4.57 Å². The van der Waals surface area contributed by atoms with Gasteiger partial charge >= 0.3 is 0 Å². The van der Waals surface area contributed by atoms with Crippen LogP contribution in [0.3, 0.4) is 0 Å². The number of fused-ring (bicyclic) bond motifs is 3. The molecule has 5 rings (SSSR count). The Kier molecular flexibility index (Phi) is 4.69. The minimum atomic E-state index is -0.818. The highest BCUT2D eigenvalue weighted by Gasteiger charge is 2.26. The van der Waals surface area contributed by atoms with Crippen LogP contribution in [0.25, 0.3) is 49.2 Å². The SMILES string of the molecule is [2H]c1c(C)c(C([2H])(C)C)c(C)[n+](C)c1-c1c(C)ccc2c1oc1c(-c3ccccc3)cc([N+]#[C-])cc12. The van der Waals surface area contributed by atoms with Gasteiger partial charge in [-0.1, -0.05) is 56.3 Å². The van der Waals surface area contributed by atoms with Gasteiger partial charge < -0.3 is 4.42 Å². The number of aryl methyl sites for hydroxylation is 1. The van der Waals surface area contributed by atoms with Crippen LogP contribution < -0.4 is 4.57 Å². The summed E-state index contributed by atoms with van der Waals surface area (Å²) in [5.41, 5.74) is 9.19. The van der Waals surface area contributed by atoms with Crippen molar-refractivity contribution >= 4 is 27.6 Å². The van der Waals surface area contributed by atoms with Gasteiger partial charge in [0.2, 0.25) is 5.69 Å². The fourth-order valence-electron chi connectivity index (χ4n) is 5.11. The topological polar surface area (TPSA) is 21.4 Å². The monoisotopic (exact) mass is 447 g/mol. The van der Waals surface area contributed by atoms with E-state index in [-0.39, 0.29) is 0 Å². The Balaban J connectivity index is 1.93. The van der Waals surface area contributed by atoms with E-state index < -0.39 is 5.89 Å². The molecule has 0 spiro atoms. The first-order valence-corrected chi connectivity index (χ1v) is 11.5. The van der Waals surface area contributed by atoms with E-state index in [1.165, 1.54) is 0 Å². The second-order valence-electron chi connectivity index (χ2n) is 9.20. The summed E-state index contributed by atoms with van der Waals surface area (Å²) in [6.45, 7) is 17.4. The van der Waals surface area contributed by atoms with Crippen LogP contribution in [-0.4, -0.2) is 0 Å². The van der Waals surface area contributed by atoms with E-state index in [1.54, 1.807) is 0 Å². The second kappa shape index (κ2) is 8.15. The van der Waals surface area contributed by atoms with E-state index in [2.05, 4.69) is 10.9 Å². The van der Waals surface area contributed by atoms with E-state index in [1.807, 2.05) is 94.8 Å². The Morgan fingerprint density at radius 2 is 1.71 bits per heavy atom. The highest BCUT2D eigenvalue weighted by atomic mass is 16.3. The maximum absolute atomic E-state index is 9.15. The van der Waals surface area contributed by atoms with Crippen molar-refractivity contribution in [2.24, 2.45) is 7.05 Å². The summed E-state index contributed by atoms with van der Waals surface area (Å²) in [5, 5.41) is 1.82. The number of aromatic nitrogens is 1. The summed E-state index contributed by atoms with van der Waals surface area (Å²) in [7, 11) is 1.96. The van der Waals surface area contributed by atoms with E-state index in [0.717, 1.165) is 61.1 Å². The average Bonchev–Trinajstić information content (AvgIpc) is 3.21. The van der Waals surface area contributed by atoms with Crippen molar-refractivity contribution < 1.29 is 11.7 Å². The van der Waals surface area contributed by atoms with Gasteiger partial charge in [-0.15, -0.1) is 0 Å². The summed E-state index contributed by atoms with van der Waals surface area (Å²) in [5.74, 6) is -0.818. The van der Waals surface area contributed by atoms with Gasteiger partial charge in [-0.3, -0.25) is 0 Å².